The van der Waals surface area contributed by atoms with Gasteiger partial charge >= 0.3 is 5.97 Å². The molecule has 2 heterocycles. The topological polar surface area (TPSA) is 46.5 Å². The van der Waals surface area contributed by atoms with Crippen LogP contribution in [0.25, 0.3) is 0 Å². The van der Waals surface area contributed by atoms with Gasteiger partial charge in [-0.3, -0.25) is 0 Å². The second-order valence-corrected chi connectivity index (χ2v) is 9.27. The van der Waals surface area contributed by atoms with Gasteiger partial charge in [0.05, 0.1) is 26.2 Å². The lowest BCUT2D eigenvalue weighted by Gasteiger charge is -2.46. The fraction of sp³-hybridized carbons (Fsp3) is 0.480. The van der Waals surface area contributed by atoms with Crippen molar-refractivity contribution in [1.82, 2.24) is 0 Å². The maximum atomic E-state index is 13.3. The number of rotatable bonds is 4. The number of ether oxygens (including phenoxy) is 1. The van der Waals surface area contributed by atoms with Gasteiger partial charge in [-0.15, -0.1) is 0 Å². The zero-order valence-corrected chi connectivity index (χ0v) is 18.5. The van der Waals surface area contributed by atoms with Crippen molar-refractivity contribution in [2.75, 3.05) is 14.1 Å². The Kier molecular flexibility index (Phi) is 6.21. The number of halogens is 1. The lowest BCUT2D eigenvalue weighted by Crippen LogP contribution is -3.00. The first kappa shape index (κ1) is 23.0. The molecule has 2 aliphatic heterocycles. The highest BCUT2D eigenvalue weighted by atomic mass is 79.9. The van der Waals surface area contributed by atoms with Gasteiger partial charge in [-0.1, -0.05) is 68.1 Å². The summed E-state index contributed by atoms with van der Waals surface area (Å²) in [6, 6.07) is 19.4. The van der Waals surface area contributed by atoms with Crippen LogP contribution in [0.5, 0.6) is 0 Å². The van der Waals surface area contributed by atoms with E-state index >= 15 is 0 Å². The third kappa shape index (κ3) is 3.41. The fourth-order valence-corrected chi connectivity index (χ4v) is 5.98. The van der Waals surface area contributed by atoms with Gasteiger partial charge in [0.1, 0.15) is 6.10 Å². The molecule has 30 heavy (non-hydrogen) atoms. The van der Waals surface area contributed by atoms with Crippen LogP contribution in [0.4, 0.5) is 0 Å². The Morgan fingerprint density at radius 2 is 1.33 bits per heavy atom. The van der Waals surface area contributed by atoms with E-state index in [9.17, 15) is 9.90 Å². The number of carbonyl (C=O) groups is 1. The molecule has 0 radical (unpaired) electrons. The van der Waals surface area contributed by atoms with E-state index in [0.717, 1.165) is 29.2 Å². The number of aliphatic hydroxyl groups is 1. The van der Waals surface area contributed by atoms with E-state index in [-0.39, 0.29) is 30.5 Å². The van der Waals surface area contributed by atoms with E-state index in [4.69, 9.17) is 4.74 Å². The molecule has 2 aromatic rings. The van der Waals surface area contributed by atoms with Crippen LogP contribution in [0.15, 0.2) is 60.7 Å². The highest BCUT2D eigenvalue weighted by molar-refractivity contribution is 5.85. The van der Waals surface area contributed by atoms with Gasteiger partial charge in [-0.2, -0.15) is 0 Å². The maximum absolute atomic E-state index is 13.3. The van der Waals surface area contributed by atoms with Crippen molar-refractivity contribution in [3.8, 4) is 0 Å². The van der Waals surface area contributed by atoms with Crippen LogP contribution in [0, 0.1) is 11.8 Å². The number of quaternary nitrogens is 1. The van der Waals surface area contributed by atoms with Gasteiger partial charge in [-0.05, 0) is 17.5 Å². The van der Waals surface area contributed by atoms with E-state index in [2.05, 4.69) is 14.1 Å². The molecule has 3 unspecified atom stereocenters. The summed E-state index contributed by atoms with van der Waals surface area (Å²) >= 11 is 0. The van der Waals surface area contributed by atoms with Crippen molar-refractivity contribution < 1.29 is 36.1 Å². The third-order valence-corrected chi connectivity index (χ3v) is 7.55. The minimum absolute atomic E-state index is 0. The van der Waals surface area contributed by atoms with Crippen LogP contribution in [-0.2, 0) is 15.1 Å². The zero-order valence-electron chi connectivity index (χ0n) is 16.9. The van der Waals surface area contributed by atoms with Crippen molar-refractivity contribution in [1.29, 1.82) is 0 Å². The van der Waals surface area contributed by atoms with Crippen LogP contribution < -0.4 is 17.0 Å². The number of benzene rings is 2. The number of hydrogen-bond acceptors (Lipinski definition) is 3. The van der Waals surface area contributed by atoms with Crippen molar-refractivity contribution in [3.05, 3.63) is 71.8 Å². The summed E-state index contributed by atoms with van der Waals surface area (Å²) in [6.45, 7) is 0. The molecule has 1 saturated carbocycles. The number of nitrogens with zero attached hydrogens (tertiary/aromatic N) is 1. The first-order chi connectivity index (χ1) is 13.4. The first-order valence-electron chi connectivity index (χ1n) is 10.3. The van der Waals surface area contributed by atoms with E-state index < -0.39 is 11.6 Å². The average Bonchev–Trinajstić information content (AvgIpc) is 3.47. The van der Waals surface area contributed by atoms with Crippen LogP contribution >= 0.6 is 0 Å². The minimum Gasteiger partial charge on any atom is -1.00 e. The molecule has 1 aliphatic carbocycles. The quantitative estimate of drug-likeness (QED) is 0.525. The summed E-state index contributed by atoms with van der Waals surface area (Å²) in [6.07, 6.45) is 3.03. The van der Waals surface area contributed by atoms with Crippen LogP contribution in [0.1, 0.15) is 37.8 Å². The Balaban J connectivity index is 0.00000128. The van der Waals surface area contributed by atoms with Crippen molar-refractivity contribution in [2.24, 2.45) is 11.8 Å². The summed E-state index contributed by atoms with van der Waals surface area (Å²) in [7, 11) is 4.65. The molecule has 3 fully saturated rings. The van der Waals surface area contributed by atoms with Crippen LogP contribution in [-0.4, -0.2) is 47.8 Å². The Labute approximate surface area is 190 Å². The molecule has 162 valence electrons. The first-order valence-corrected chi connectivity index (χ1v) is 10.3. The monoisotopic (exact) mass is 473 g/mol. The molecular formula is C25H32BrNO3. The predicted molar refractivity (Wildman–Crippen MR) is 113 cm³/mol. The highest BCUT2D eigenvalue weighted by Crippen LogP contribution is 2.61. The summed E-state index contributed by atoms with van der Waals surface area (Å²) in [5, 5.41) is 11.6. The Hall–Kier alpha value is -1.69. The van der Waals surface area contributed by atoms with E-state index in [0.29, 0.717) is 23.2 Å². The highest BCUT2D eigenvalue weighted by Gasteiger charge is 2.68. The molecule has 5 heteroatoms. The molecule has 1 N–H and O–H groups in total. The molecule has 5 atom stereocenters. The molecular weight excluding hydrogens is 442 g/mol. The molecule has 4 nitrogen and oxygen atoms in total. The number of fused-ring (bicyclic) bond motifs is 5. The van der Waals surface area contributed by atoms with E-state index in [1.807, 2.05) is 36.4 Å². The number of carbonyl (C=O) groups excluding carboxylic acids is 1. The second-order valence-electron chi connectivity index (χ2n) is 9.27. The standard InChI is InChI=1S/C24H28NO3.CH4.BrH/c1-25(2)21-13-18(14-22(25)20-15-19(20)21)28-23(26)24(27,16-9-5-3-6-10-16)17-11-7-4-8-12-17;;/h3-12,18-22,27H,13-15H2,1-2H3;1H4;1H/q+1;;/p-1/t18?,19-,20?,21-,22?;;/m0../s1. The van der Waals surface area contributed by atoms with Gasteiger partial charge in [0.2, 0.25) is 5.60 Å². The summed E-state index contributed by atoms with van der Waals surface area (Å²) < 4.78 is 7.07. The second kappa shape index (κ2) is 8.10. The number of esters is 1. The van der Waals surface area contributed by atoms with Gasteiger partial charge in [-0.25, -0.2) is 4.79 Å². The lowest BCUT2D eigenvalue weighted by molar-refractivity contribution is -0.937. The largest absolute Gasteiger partial charge is 1.00 e. The Morgan fingerprint density at radius 1 is 0.900 bits per heavy atom. The molecule has 3 aliphatic rings. The summed E-state index contributed by atoms with van der Waals surface area (Å²) in [4.78, 5) is 13.3. The summed E-state index contributed by atoms with van der Waals surface area (Å²) in [5.41, 5.74) is -0.695. The fourth-order valence-electron chi connectivity index (χ4n) is 5.98. The Morgan fingerprint density at radius 3 is 1.77 bits per heavy atom. The van der Waals surface area contributed by atoms with Gasteiger partial charge in [0.25, 0.3) is 0 Å². The zero-order chi connectivity index (χ0) is 19.5. The van der Waals surface area contributed by atoms with E-state index in [1.165, 1.54) is 6.42 Å². The molecule has 2 aromatic carbocycles. The number of piperidine rings is 2. The maximum Gasteiger partial charge on any atom is 0.347 e. The third-order valence-electron chi connectivity index (χ3n) is 7.55. The van der Waals surface area contributed by atoms with Crippen molar-refractivity contribution in [2.45, 2.75) is 50.5 Å². The van der Waals surface area contributed by atoms with Gasteiger partial charge < -0.3 is 31.3 Å². The van der Waals surface area contributed by atoms with Crippen LogP contribution in [0.3, 0.4) is 0 Å². The van der Waals surface area contributed by atoms with Gasteiger partial charge in [0, 0.05) is 24.7 Å². The number of hydrogen-bond donors (Lipinski definition) is 1. The van der Waals surface area contributed by atoms with Crippen LogP contribution in [0.2, 0.25) is 0 Å². The minimum atomic E-state index is -1.79. The van der Waals surface area contributed by atoms with Gasteiger partial charge in [0.15, 0.2) is 0 Å². The van der Waals surface area contributed by atoms with Crippen molar-refractivity contribution in [3.63, 3.8) is 0 Å². The molecule has 5 rings (SSSR count). The summed E-state index contributed by atoms with van der Waals surface area (Å²) in [5.74, 6) is 1.03. The Bertz CT molecular complexity index is 826. The molecule has 0 amide bonds. The SMILES string of the molecule is C.C[N+]1(C)C2CC(OC(=O)C(O)(c3ccccc3)c3ccccc3)C[C@H]1[C@H]1CC21.[Br-]. The molecule has 2 saturated heterocycles. The molecule has 0 aromatic heterocycles. The normalized spacial score (nSPS) is 30.3. The molecule has 2 bridgehead atoms. The molecule has 0 spiro atoms. The van der Waals surface area contributed by atoms with Crippen molar-refractivity contribution >= 4 is 5.97 Å². The van der Waals surface area contributed by atoms with E-state index in [1.54, 1.807) is 24.3 Å². The predicted octanol–water partition coefficient (Wildman–Crippen LogP) is 0.732. The lowest BCUT2D eigenvalue weighted by atomic mass is 9.86. The average molecular weight is 474 g/mol. The smallest absolute Gasteiger partial charge is 0.347 e.